The number of fused-ring (bicyclic) bond motifs is 2. The summed E-state index contributed by atoms with van der Waals surface area (Å²) in [5.41, 5.74) is 4.55. The van der Waals surface area contributed by atoms with Crippen LogP contribution in [0.15, 0.2) is 43.0 Å². The normalized spacial score (nSPS) is 13.5. The highest BCUT2D eigenvalue weighted by atomic mass is 16.5. The van der Waals surface area contributed by atoms with Crippen molar-refractivity contribution >= 4 is 28.6 Å². The molecule has 4 aromatic rings. The van der Waals surface area contributed by atoms with Crippen molar-refractivity contribution in [3.8, 4) is 5.75 Å². The lowest BCUT2D eigenvalue weighted by molar-refractivity contribution is -0.138. The molecule has 4 N–H and O–H groups in total. The Kier molecular flexibility index (Phi) is 9.53. The molecule has 0 aliphatic carbocycles. The Bertz CT molecular complexity index is 1430. The SMILES string of the molecule is Cc1ccc(OCCN(CCCCc2ccc3c(n2)NCCC3)CC[C@H](Nc2ncnc3cn[nH]c23)C(=O)O)cn1. The predicted molar refractivity (Wildman–Crippen MR) is 156 cm³/mol. The Morgan fingerprint density at radius 2 is 2.05 bits per heavy atom. The summed E-state index contributed by atoms with van der Waals surface area (Å²) in [6, 6.07) is 7.34. The lowest BCUT2D eigenvalue weighted by Crippen LogP contribution is -2.37. The van der Waals surface area contributed by atoms with Crippen LogP contribution in [-0.4, -0.2) is 84.9 Å². The molecular formula is C29H37N9O3. The Balaban J connectivity index is 1.16. The van der Waals surface area contributed by atoms with Crippen molar-refractivity contribution in [2.45, 2.75) is 51.5 Å². The average molecular weight is 560 g/mol. The lowest BCUT2D eigenvalue weighted by Gasteiger charge is -2.24. The lowest BCUT2D eigenvalue weighted by atomic mass is 10.1. The van der Waals surface area contributed by atoms with Gasteiger partial charge in [-0.1, -0.05) is 6.07 Å². The van der Waals surface area contributed by atoms with Crippen LogP contribution in [-0.2, 0) is 17.6 Å². The van der Waals surface area contributed by atoms with Crippen molar-refractivity contribution in [1.82, 2.24) is 35.0 Å². The van der Waals surface area contributed by atoms with Crippen LogP contribution in [0.4, 0.5) is 11.6 Å². The zero-order chi connectivity index (χ0) is 28.4. The van der Waals surface area contributed by atoms with Gasteiger partial charge in [0.15, 0.2) is 5.82 Å². The number of nitrogens with zero attached hydrogens (tertiary/aromatic N) is 6. The Labute approximate surface area is 239 Å². The van der Waals surface area contributed by atoms with Crippen LogP contribution >= 0.6 is 0 Å². The molecule has 1 aliphatic rings. The van der Waals surface area contributed by atoms with E-state index in [0.29, 0.717) is 43.0 Å². The molecule has 4 aromatic heterocycles. The van der Waals surface area contributed by atoms with E-state index in [2.05, 4.69) is 52.8 Å². The highest BCUT2D eigenvalue weighted by molar-refractivity contribution is 5.87. The third-order valence-electron chi connectivity index (χ3n) is 7.25. The molecule has 0 unspecified atom stereocenters. The van der Waals surface area contributed by atoms with Crippen LogP contribution in [0.2, 0.25) is 0 Å². The summed E-state index contributed by atoms with van der Waals surface area (Å²) in [5, 5.41) is 23.2. The van der Waals surface area contributed by atoms with E-state index < -0.39 is 12.0 Å². The van der Waals surface area contributed by atoms with E-state index in [-0.39, 0.29) is 0 Å². The van der Waals surface area contributed by atoms with E-state index >= 15 is 0 Å². The number of pyridine rings is 2. The Hall–Kier alpha value is -4.32. The molecule has 5 heterocycles. The number of carboxylic acid groups (broad SMARTS) is 1. The van der Waals surface area contributed by atoms with Crippen LogP contribution in [0, 0.1) is 6.92 Å². The van der Waals surface area contributed by atoms with Gasteiger partial charge < -0.3 is 20.5 Å². The van der Waals surface area contributed by atoms with E-state index in [4.69, 9.17) is 9.72 Å². The summed E-state index contributed by atoms with van der Waals surface area (Å²) in [4.78, 5) is 31.9. The number of rotatable bonds is 15. The number of aromatic amines is 1. The van der Waals surface area contributed by atoms with Gasteiger partial charge in [-0.2, -0.15) is 5.10 Å². The van der Waals surface area contributed by atoms with Crippen LogP contribution < -0.4 is 15.4 Å². The molecule has 0 radical (unpaired) electrons. The van der Waals surface area contributed by atoms with Gasteiger partial charge in [0.25, 0.3) is 0 Å². The number of unbranched alkanes of at least 4 members (excludes halogenated alkanes) is 1. The first-order valence-electron chi connectivity index (χ1n) is 14.2. The zero-order valence-electron chi connectivity index (χ0n) is 23.3. The van der Waals surface area contributed by atoms with Crippen LogP contribution in [0.5, 0.6) is 5.75 Å². The summed E-state index contributed by atoms with van der Waals surface area (Å²) in [5.74, 6) is 1.24. The minimum absolute atomic E-state index is 0.388. The first-order chi connectivity index (χ1) is 20.0. The summed E-state index contributed by atoms with van der Waals surface area (Å²) < 4.78 is 5.93. The second-order valence-electron chi connectivity index (χ2n) is 10.3. The average Bonchev–Trinajstić information content (AvgIpc) is 3.47. The van der Waals surface area contributed by atoms with Crippen molar-refractivity contribution in [2.75, 3.05) is 43.4 Å². The molecular weight excluding hydrogens is 522 g/mol. The number of anilines is 2. The third kappa shape index (κ3) is 7.88. The van der Waals surface area contributed by atoms with Gasteiger partial charge in [0.2, 0.25) is 0 Å². The van der Waals surface area contributed by atoms with Gasteiger partial charge in [0.05, 0.1) is 12.4 Å². The third-order valence-corrected chi connectivity index (χ3v) is 7.25. The first-order valence-corrected chi connectivity index (χ1v) is 14.2. The molecule has 1 atom stereocenters. The number of H-pyrrole nitrogens is 1. The molecule has 12 nitrogen and oxygen atoms in total. The minimum atomic E-state index is -0.940. The van der Waals surface area contributed by atoms with Gasteiger partial charge in [-0.05, 0) is 75.8 Å². The van der Waals surface area contributed by atoms with Gasteiger partial charge >= 0.3 is 5.97 Å². The number of aliphatic carboxylic acids is 1. The van der Waals surface area contributed by atoms with Crippen molar-refractivity contribution < 1.29 is 14.6 Å². The molecule has 0 saturated carbocycles. The minimum Gasteiger partial charge on any atom is -0.491 e. The fourth-order valence-electron chi connectivity index (χ4n) is 4.93. The molecule has 0 saturated heterocycles. The number of hydrogen-bond acceptors (Lipinski definition) is 10. The van der Waals surface area contributed by atoms with E-state index in [0.717, 1.165) is 68.1 Å². The molecule has 216 valence electrons. The summed E-state index contributed by atoms with van der Waals surface area (Å²) in [6.07, 6.45) is 10.2. The highest BCUT2D eigenvalue weighted by Gasteiger charge is 2.21. The largest absolute Gasteiger partial charge is 0.491 e. The van der Waals surface area contributed by atoms with E-state index in [1.54, 1.807) is 12.4 Å². The smallest absolute Gasteiger partial charge is 0.326 e. The number of carbonyl (C=O) groups is 1. The fourth-order valence-corrected chi connectivity index (χ4v) is 4.93. The molecule has 0 spiro atoms. The molecule has 12 heteroatoms. The second-order valence-corrected chi connectivity index (χ2v) is 10.3. The number of aryl methyl sites for hydroxylation is 3. The Morgan fingerprint density at radius 1 is 1.12 bits per heavy atom. The zero-order valence-corrected chi connectivity index (χ0v) is 23.3. The quantitative estimate of drug-likeness (QED) is 0.158. The van der Waals surface area contributed by atoms with Gasteiger partial charge in [-0.15, -0.1) is 0 Å². The molecule has 1 aliphatic heterocycles. The van der Waals surface area contributed by atoms with Gasteiger partial charge in [-0.3, -0.25) is 15.0 Å². The number of aromatic nitrogens is 6. The monoisotopic (exact) mass is 559 g/mol. The summed E-state index contributed by atoms with van der Waals surface area (Å²) in [7, 11) is 0. The number of ether oxygens (including phenoxy) is 1. The van der Waals surface area contributed by atoms with Gasteiger partial charge in [0.1, 0.15) is 41.6 Å². The van der Waals surface area contributed by atoms with E-state index in [1.807, 2.05) is 19.1 Å². The highest BCUT2D eigenvalue weighted by Crippen LogP contribution is 2.21. The number of carboxylic acids is 1. The van der Waals surface area contributed by atoms with Gasteiger partial charge in [0, 0.05) is 31.0 Å². The van der Waals surface area contributed by atoms with Crippen molar-refractivity contribution in [3.63, 3.8) is 0 Å². The van der Waals surface area contributed by atoms with E-state index in [1.165, 1.54) is 11.9 Å². The van der Waals surface area contributed by atoms with E-state index in [9.17, 15) is 9.90 Å². The van der Waals surface area contributed by atoms with Gasteiger partial charge in [-0.25, -0.2) is 19.7 Å². The number of nitrogens with one attached hydrogen (secondary N) is 3. The maximum atomic E-state index is 12.1. The molecule has 41 heavy (non-hydrogen) atoms. The predicted octanol–water partition coefficient (Wildman–Crippen LogP) is 3.47. The van der Waals surface area contributed by atoms with Crippen molar-refractivity contribution in [1.29, 1.82) is 0 Å². The van der Waals surface area contributed by atoms with Crippen LogP contribution in [0.3, 0.4) is 0 Å². The summed E-state index contributed by atoms with van der Waals surface area (Å²) in [6.45, 7) is 5.47. The molecule has 0 aromatic carbocycles. The standard InChI is InChI=1S/C29H37N9O3/c1-20-7-10-23(17-31-20)41-16-15-38(13-3-2-6-22-9-8-21-5-4-12-30-27(21)35-22)14-11-24(29(39)40)36-28-26-25(18-34-37-26)32-19-33-28/h7-10,17-19,24H,2-6,11-16H2,1H3,(H,30,35)(H,34,37)(H,39,40)(H,32,33,36)/t24-/m0/s1. The Morgan fingerprint density at radius 3 is 2.90 bits per heavy atom. The molecule has 5 rings (SSSR count). The maximum Gasteiger partial charge on any atom is 0.326 e. The number of hydrogen-bond donors (Lipinski definition) is 4. The topological polar surface area (TPSA) is 154 Å². The fraction of sp³-hybridized carbons (Fsp3) is 0.448. The molecule has 0 fully saturated rings. The first kappa shape index (κ1) is 28.2. The van der Waals surface area contributed by atoms with Crippen molar-refractivity contribution in [2.24, 2.45) is 0 Å². The molecule has 0 amide bonds. The summed E-state index contributed by atoms with van der Waals surface area (Å²) >= 11 is 0. The van der Waals surface area contributed by atoms with Crippen LogP contribution in [0.25, 0.3) is 11.0 Å². The second kappa shape index (κ2) is 13.8. The van der Waals surface area contributed by atoms with Crippen molar-refractivity contribution in [3.05, 3.63) is 59.9 Å². The molecule has 0 bridgehead atoms. The van der Waals surface area contributed by atoms with Crippen LogP contribution in [0.1, 0.15) is 42.6 Å². The maximum absolute atomic E-state index is 12.1.